The van der Waals surface area contributed by atoms with E-state index in [-0.39, 0.29) is 36.6 Å². The van der Waals surface area contributed by atoms with Crippen molar-refractivity contribution in [2.75, 3.05) is 18.9 Å². The number of nitrogens with two attached hydrogens (primary N) is 1. The number of nitrogens with zero attached hydrogens (tertiary/aromatic N) is 4. The normalized spacial score (nSPS) is 24.1. The lowest BCUT2D eigenvalue weighted by molar-refractivity contribution is -0.0584. The number of nitriles is 1. The van der Waals surface area contributed by atoms with Crippen LogP contribution < -0.4 is 11.3 Å². The first-order chi connectivity index (χ1) is 16.2. The van der Waals surface area contributed by atoms with Crippen LogP contribution in [0.3, 0.4) is 0 Å². The van der Waals surface area contributed by atoms with Gasteiger partial charge in [-0.25, -0.2) is 18.7 Å². The maximum absolute atomic E-state index is 12.0. The van der Waals surface area contributed by atoms with Gasteiger partial charge in [-0.2, -0.15) is 18.9 Å². The predicted octanol–water partition coefficient (Wildman–Crippen LogP) is -0.369. The number of fused-ring (bicyclic) bond motifs is 1. The molecule has 0 radical (unpaired) electrons. The molecule has 0 aromatic carbocycles. The molecule has 194 valence electrons. The average Bonchev–Trinajstić information content (AvgIpc) is 3.28. The summed E-state index contributed by atoms with van der Waals surface area (Å²) in [6.07, 6.45) is -1.55. The molecule has 2 aromatic rings. The molecule has 7 N–H and O–H groups in total. The number of hydrogen-bond acceptors (Lipinski definition) is 13. The van der Waals surface area contributed by atoms with Crippen molar-refractivity contribution in [3.63, 3.8) is 0 Å². The SMILES string of the molecule is N#CCCOC1C[C@H](n2cnc3c(=O)[nH]c(N)nc32)O[C@@H]1COP(=O)(O)OP(=O)(O)OP(=O)(O)O. The molecule has 3 heterocycles. The first-order valence-electron chi connectivity index (χ1n) is 9.34. The molecular weight excluding hydrogens is 541 g/mol. The molecule has 35 heavy (non-hydrogen) atoms. The van der Waals surface area contributed by atoms with Gasteiger partial charge in [0.2, 0.25) is 5.95 Å². The summed E-state index contributed by atoms with van der Waals surface area (Å²) in [5, 5.41) is 8.72. The van der Waals surface area contributed by atoms with E-state index in [0.29, 0.717) is 0 Å². The van der Waals surface area contributed by atoms with Crippen LogP contribution in [0.2, 0.25) is 0 Å². The Morgan fingerprint density at radius 1 is 1.26 bits per heavy atom. The Bertz CT molecular complexity index is 1320. The van der Waals surface area contributed by atoms with E-state index >= 15 is 0 Å². The Hall–Kier alpha value is -2.03. The Morgan fingerprint density at radius 3 is 2.63 bits per heavy atom. The zero-order chi connectivity index (χ0) is 26.0. The van der Waals surface area contributed by atoms with Gasteiger partial charge in [-0.05, 0) is 0 Å². The minimum absolute atomic E-state index is 0.00519. The summed E-state index contributed by atoms with van der Waals surface area (Å²) >= 11 is 0. The second-order valence-corrected chi connectivity index (χ2v) is 11.3. The van der Waals surface area contributed by atoms with Crippen molar-refractivity contribution in [2.24, 2.45) is 0 Å². The van der Waals surface area contributed by atoms with E-state index in [1.807, 2.05) is 6.07 Å². The number of aromatic nitrogens is 4. The lowest BCUT2D eigenvalue weighted by atomic mass is 10.2. The van der Waals surface area contributed by atoms with E-state index in [1.165, 1.54) is 10.9 Å². The summed E-state index contributed by atoms with van der Waals surface area (Å²) in [6, 6.07) is 1.87. The summed E-state index contributed by atoms with van der Waals surface area (Å²) in [6.45, 7) is -0.821. The fourth-order valence-electron chi connectivity index (χ4n) is 3.08. The zero-order valence-electron chi connectivity index (χ0n) is 17.3. The molecule has 0 spiro atoms. The lowest BCUT2D eigenvalue weighted by Gasteiger charge is -2.21. The smallest absolute Gasteiger partial charge is 0.374 e. The van der Waals surface area contributed by atoms with Crippen LogP contribution in [0.5, 0.6) is 0 Å². The van der Waals surface area contributed by atoms with Gasteiger partial charge < -0.3 is 34.8 Å². The predicted molar refractivity (Wildman–Crippen MR) is 111 cm³/mol. The van der Waals surface area contributed by atoms with Gasteiger partial charge in [-0.15, -0.1) is 0 Å². The van der Waals surface area contributed by atoms with Crippen molar-refractivity contribution in [3.05, 3.63) is 16.7 Å². The number of nitrogen functional groups attached to an aromatic ring is 1. The molecular formula is C13H19N6O13P3. The summed E-state index contributed by atoms with van der Waals surface area (Å²) in [7, 11) is -16.6. The summed E-state index contributed by atoms with van der Waals surface area (Å²) in [5.74, 6) is -0.187. The molecule has 0 aliphatic carbocycles. The number of imidazole rings is 1. The largest absolute Gasteiger partial charge is 0.490 e. The highest BCUT2D eigenvalue weighted by Crippen LogP contribution is 2.66. The molecule has 1 saturated heterocycles. The van der Waals surface area contributed by atoms with Gasteiger partial charge in [0.25, 0.3) is 5.56 Å². The van der Waals surface area contributed by atoms with Crippen molar-refractivity contribution >= 4 is 40.6 Å². The van der Waals surface area contributed by atoms with Crippen LogP contribution in [-0.4, -0.2) is 64.5 Å². The second kappa shape index (κ2) is 10.5. The van der Waals surface area contributed by atoms with Crippen LogP contribution in [0.15, 0.2) is 11.1 Å². The molecule has 22 heteroatoms. The molecule has 1 aliphatic heterocycles. The number of anilines is 1. The fourth-order valence-corrected chi connectivity index (χ4v) is 6.11. The minimum Gasteiger partial charge on any atom is -0.374 e. The molecule has 1 fully saturated rings. The van der Waals surface area contributed by atoms with E-state index in [1.54, 1.807) is 0 Å². The van der Waals surface area contributed by atoms with Gasteiger partial charge in [0, 0.05) is 6.42 Å². The number of hydrogen-bond donors (Lipinski definition) is 6. The van der Waals surface area contributed by atoms with Crippen LogP contribution in [0.1, 0.15) is 19.1 Å². The third-order valence-corrected chi connectivity index (χ3v) is 8.11. The number of H-pyrrole nitrogens is 1. The standard InChI is InChI=1S/C13H19N6O13P3/c14-2-1-3-28-7-4-9(19-6-16-10-11(19)17-13(15)18-12(10)20)30-8(7)5-29-34(24,25)32-35(26,27)31-33(21,22)23/h6-9H,1,3-5H2,(H,24,25)(H,26,27)(H2,21,22,23)(H3,15,17,18,20)/t7?,8-,9-/m1/s1. The molecule has 3 rings (SSSR count). The third-order valence-electron chi connectivity index (χ3n) is 4.31. The molecule has 3 unspecified atom stereocenters. The number of ether oxygens (including phenoxy) is 2. The van der Waals surface area contributed by atoms with E-state index < -0.39 is 54.1 Å². The first-order valence-corrected chi connectivity index (χ1v) is 13.9. The Kier molecular flexibility index (Phi) is 8.29. The Morgan fingerprint density at radius 2 is 1.97 bits per heavy atom. The van der Waals surface area contributed by atoms with Crippen LogP contribution in [0, 0.1) is 11.3 Å². The molecule has 2 aromatic heterocycles. The van der Waals surface area contributed by atoms with Gasteiger partial charge in [0.05, 0.1) is 38.1 Å². The van der Waals surface area contributed by atoms with E-state index in [9.17, 15) is 28.3 Å². The van der Waals surface area contributed by atoms with Crippen molar-refractivity contribution in [1.29, 1.82) is 5.26 Å². The highest BCUT2D eigenvalue weighted by Gasteiger charge is 2.43. The molecule has 0 amide bonds. The van der Waals surface area contributed by atoms with Crippen molar-refractivity contribution < 1.29 is 55.9 Å². The van der Waals surface area contributed by atoms with Gasteiger partial charge >= 0.3 is 23.5 Å². The summed E-state index contributed by atoms with van der Waals surface area (Å²) < 4.78 is 58.9. The number of rotatable bonds is 11. The monoisotopic (exact) mass is 560 g/mol. The third kappa shape index (κ3) is 7.48. The van der Waals surface area contributed by atoms with Gasteiger partial charge in [0.1, 0.15) is 12.3 Å². The van der Waals surface area contributed by atoms with Crippen LogP contribution >= 0.6 is 23.5 Å². The number of phosphoric acid groups is 3. The molecule has 19 nitrogen and oxygen atoms in total. The highest BCUT2D eigenvalue weighted by molar-refractivity contribution is 7.66. The van der Waals surface area contributed by atoms with E-state index in [0.717, 1.165) is 0 Å². The summed E-state index contributed by atoms with van der Waals surface area (Å²) in [4.78, 5) is 58.3. The van der Waals surface area contributed by atoms with Gasteiger partial charge in [-0.1, -0.05) is 0 Å². The van der Waals surface area contributed by atoms with Crippen molar-refractivity contribution in [2.45, 2.75) is 31.3 Å². The number of nitrogens with one attached hydrogen (secondary N) is 1. The second-order valence-electron chi connectivity index (χ2n) is 6.84. The zero-order valence-corrected chi connectivity index (χ0v) is 20.0. The Labute approximate surface area is 194 Å². The first kappa shape index (κ1) is 27.6. The minimum atomic E-state index is -5.70. The summed E-state index contributed by atoms with van der Waals surface area (Å²) in [5.41, 5.74) is 5.00. The molecule has 0 bridgehead atoms. The molecule has 5 atom stereocenters. The van der Waals surface area contributed by atoms with Crippen LogP contribution in [0.25, 0.3) is 11.2 Å². The topological polar surface area (TPSA) is 292 Å². The van der Waals surface area contributed by atoms with Crippen LogP contribution in [-0.2, 0) is 36.3 Å². The van der Waals surface area contributed by atoms with Gasteiger partial charge in [0.15, 0.2) is 11.2 Å². The van der Waals surface area contributed by atoms with E-state index in [2.05, 4.69) is 28.1 Å². The molecule has 0 saturated carbocycles. The fraction of sp³-hybridized carbons (Fsp3) is 0.538. The lowest BCUT2D eigenvalue weighted by Crippen LogP contribution is -2.29. The Balaban J connectivity index is 1.75. The number of phosphoric ester groups is 1. The highest BCUT2D eigenvalue weighted by atomic mass is 31.3. The van der Waals surface area contributed by atoms with Crippen LogP contribution in [0.4, 0.5) is 5.95 Å². The van der Waals surface area contributed by atoms with Crippen molar-refractivity contribution in [3.8, 4) is 6.07 Å². The maximum Gasteiger partial charge on any atom is 0.490 e. The van der Waals surface area contributed by atoms with Gasteiger partial charge in [-0.3, -0.25) is 18.9 Å². The van der Waals surface area contributed by atoms with E-state index in [4.69, 9.17) is 30.3 Å². The maximum atomic E-state index is 12.0. The number of aromatic amines is 1. The average molecular weight is 560 g/mol. The quantitative estimate of drug-likeness (QED) is 0.151. The van der Waals surface area contributed by atoms with Crippen molar-refractivity contribution in [1.82, 2.24) is 19.5 Å². The molecule has 1 aliphatic rings.